The van der Waals surface area contributed by atoms with Crippen molar-refractivity contribution in [3.63, 3.8) is 0 Å². The van der Waals surface area contributed by atoms with Gasteiger partial charge in [-0.05, 0) is 62.6 Å². The normalized spacial score (nSPS) is 15.0. The summed E-state index contributed by atoms with van der Waals surface area (Å²) >= 11 is 0. The molecule has 1 heterocycles. The first kappa shape index (κ1) is 24.2. The smallest absolute Gasteiger partial charge is 0.240 e. The molecule has 0 bridgehead atoms. The molecule has 174 valence electrons. The van der Waals surface area contributed by atoms with Crippen LogP contribution in [0, 0.1) is 11.7 Å². The Morgan fingerprint density at radius 3 is 2.47 bits per heavy atom. The summed E-state index contributed by atoms with van der Waals surface area (Å²) in [6.07, 6.45) is 1.84. The van der Waals surface area contributed by atoms with Crippen LogP contribution < -0.4 is 14.9 Å². The number of nitrogens with one attached hydrogen (secondary N) is 2. The van der Waals surface area contributed by atoms with Gasteiger partial charge < -0.3 is 15.0 Å². The summed E-state index contributed by atoms with van der Waals surface area (Å²) in [7, 11) is -3.60. The Morgan fingerprint density at radius 2 is 1.81 bits per heavy atom. The van der Waals surface area contributed by atoms with E-state index in [0.717, 1.165) is 0 Å². The fourth-order valence-electron chi connectivity index (χ4n) is 3.66. The average molecular weight is 464 g/mol. The molecular weight excluding hydrogens is 433 g/mol. The number of carbonyl (C=O) groups is 1. The Balaban J connectivity index is 1.49. The van der Waals surface area contributed by atoms with Crippen LogP contribution >= 0.6 is 0 Å². The molecule has 2 N–H and O–H groups in total. The lowest BCUT2D eigenvalue weighted by atomic mass is 9.95. The Morgan fingerprint density at radius 1 is 1.12 bits per heavy atom. The molecule has 0 saturated carbocycles. The van der Waals surface area contributed by atoms with Crippen LogP contribution in [0.1, 0.15) is 26.2 Å². The summed E-state index contributed by atoms with van der Waals surface area (Å²) in [4.78, 5) is 14.7. The average Bonchev–Trinajstić information content (AvgIpc) is 2.80. The number of piperidine rings is 1. The number of sulfonamides is 1. The maximum atomic E-state index is 14.0. The van der Waals surface area contributed by atoms with Crippen molar-refractivity contribution in [3.05, 3.63) is 54.3 Å². The molecule has 1 aliphatic rings. The third-order valence-corrected chi connectivity index (χ3v) is 6.93. The molecule has 0 spiro atoms. The van der Waals surface area contributed by atoms with Crippen molar-refractivity contribution in [3.8, 4) is 0 Å². The van der Waals surface area contributed by atoms with E-state index in [4.69, 9.17) is 4.74 Å². The highest BCUT2D eigenvalue weighted by molar-refractivity contribution is 7.89. The van der Waals surface area contributed by atoms with Crippen LogP contribution in [0.15, 0.2) is 53.4 Å². The first-order valence-corrected chi connectivity index (χ1v) is 12.4. The number of anilines is 2. The maximum Gasteiger partial charge on any atom is 0.240 e. The van der Waals surface area contributed by atoms with Gasteiger partial charge in [-0.3, -0.25) is 4.79 Å². The molecule has 3 rings (SSSR count). The van der Waals surface area contributed by atoms with Crippen molar-refractivity contribution < 1.29 is 22.3 Å². The van der Waals surface area contributed by atoms with E-state index in [-0.39, 0.29) is 22.5 Å². The van der Waals surface area contributed by atoms with Crippen molar-refractivity contribution in [1.29, 1.82) is 0 Å². The van der Waals surface area contributed by atoms with E-state index >= 15 is 0 Å². The van der Waals surface area contributed by atoms with Gasteiger partial charge in [-0.25, -0.2) is 17.5 Å². The third-order valence-electron chi connectivity index (χ3n) is 5.45. The van der Waals surface area contributed by atoms with Gasteiger partial charge in [0.1, 0.15) is 5.82 Å². The van der Waals surface area contributed by atoms with Crippen LogP contribution in [0.3, 0.4) is 0 Å². The minimum atomic E-state index is -3.60. The zero-order valence-corrected chi connectivity index (χ0v) is 19.0. The highest BCUT2D eigenvalue weighted by atomic mass is 32.2. The van der Waals surface area contributed by atoms with Crippen molar-refractivity contribution in [1.82, 2.24) is 4.72 Å². The first-order valence-electron chi connectivity index (χ1n) is 10.9. The van der Waals surface area contributed by atoms with Crippen LogP contribution in [0.25, 0.3) is 0 Å². The number of benzene rings is 2. The molecule has 1 aliphatic heterocycles. The van der Waals surface area contributed by atoms with E-state index in [2.05, 4.69) is 10.0 Å². The molecule has 32 heavy (non-hydrogen) atoms. The number of carbonyl (C=O) groups excluding carboxylic acids is 1. The molecule has 2 aromatic rings. The summed E-state index contributed by atoms with van der Waals surface area (Å²) in [5.41, 5.74) is 1.11. The quantitative estimate of drug-likeness (QED) is 0.528. The molecule has 9 heteroatoms. The number of para-hydroxylation sites is 1. The van der Waals surface area contributed by atoms with E-state index in [9.17, 15) is 17.6 Å². The highest BCUT2D eigenvalue weighted by Crippen LogP contribution is 2.26. The van der Waals surface area contributed by atoms with Crippen LogP contribution in [0.4, 0.5) is 15.8 Å². The monoisotopic (exact) mass is 463 g/mol. The summed E-state index contributed by atoms with van der Waals surface area (Å²) in [5.74, 6) is -0.537. The Labute approximate surface area is 189 Å². The van der Waals surface area contributed by atoms with Crippen molar-refractivity contribution in [2.75, 3.05) is 43.1 Å². The minimum Gasteiger partial charge on any atom is -0.382 e. The predicted octanol–water partition coefficient (Wildman–Crippen LogP) is 3.39. The molecule has 0 radical (unpaired) electrons. The number of nitrogens with zero attached hydrogens (tertiary/aromatic N) is 1. The number of hydrogen-bond acceptors (Lipinski definition) is 5. The van der Waals surface area contributed by atoms with Crippen molar-refractivity contribution in [2.45, 2.75) is 31.1 Å². The van der Waals surface area contributed by atoms with Gasteiger partial charge in [0, 0.05) is 44.5 Å². The number of rotatable bonds is 10. The highest BCUT2D eigenvalue weighted by Gasteiger charge is 2.26. The first-order chi connectivity index (χ1) is 15.4. The second-order valence-electron chi connectivity index (χ2n) is 7.67. The lowest BCUT2D eigenvalue weighted by Crippen LogP contribution is -2.38. The molecule has 1 fully saturated rings. The standard InChI is InChI=1S/C23H30FN3O4S/c1-2-31-17-5-14-25-32(29,30)20-10-8-19(9-11-20)26-23(28)18-12-15-27(16-13-18)22-7-4-3-6-21(22)24/h3-4,6-11,18,25H,2,5,12-17H2,1H3,(H,26,28). The lowest BCUT2D eigenvalue weighted by Gasteiger charge is -2.33. The summed E-state index contributed by atoms with van der Waals surface area (Å²) < 4.78 is 46.4. The molecular formula is C23H30FN3O4S. The molecule has 0 aromatic heterocycles. The van der Waals surface area contributed by atoms with Gasteiger partial charge in [0.2, 0.25) is 15.9 Å². The molecule has 0 unspecified atom stereocenters. The zero-order chi connectivity index (χ0) is 23.0. The van der Waals surface area contributed by atoms with Gasteiger partial charge in [-0.2, -0.15) is 0 Å². The minimum absolute atomic E-state index is 0.108. The molecule has 0 atom stereocenters. The van der Waals surface area contributed by atoms with Crippen LogP contribution in [-0.4, -0.2) is 47.2 Å². The van der Waals surface area contributed by atoms with Crippen molar-refractivity contribution in [2.24, 2.45) is 5.92 Å². The van der Waals surface area contributed by atoms with E-state index in [1.54, 1.807) is 30.3 Å². The van der Waals surface area contributed by atoms with Crippen LogP contribution in [0.2, 0.25) is 0 Å². The third kappa shape index (κ3) is 6.51. The van der Waals surface area contributed by atoms with Gasteiger partial charge in [0.25, 0.3) is 0 Å². The van der Waals surface area contributed by atoms with Gasteiger partial charge in [-0.1, -0.05) is 12.1 Å². The van der Waals surface area contributed by atoms with E-state index in [0.29, 0.717) is 63.5 Å². The molecule has 7 nitrogen and oxygen atoms in total. The summed E-state index contributed by atoms with van der Waals surface area (Å²) in [6.45, 7) is 4.50. The van der Waals surface area contributed by atoms with Gasteiger partial charge in [-0.15, -0.1) is 0 Å². The SMILES string of the molecule is CCOCCCNS(=O)(=O)c1ccc(NC(=O)C2CCN(c3ccccc3F)CC2)cc1. The Hall–Kier alpha value is -2.49. The summed E-state index contributed by atoms with van der Waals surface area (Å²) in [6, 6.07) is 12.8. The fourth-order valence-corrected chi connectivity index (χ4v) is 4.74. The Kier molecular flexibility index (Phi) is 8.60. The lowest BCUT2D eigenvalue weighted by molar-refractivity contribution is -0.120. The largest absolute Gasteiger partial charge is 0.382 e. The second kappa shape index (κ2) is 11.4. The number of amides is 1. The fraction of sp³-hybridized carbons (Fsp3) is 0.435. The predicted molar refractivity (Wildman–Crippen MR) is 123 cm³/mol. The molecule has 1 saturated heterocycles. The molecule has 1 amide bonds. The molecule has 0 aliphatic carbocycles. The second-order valence-corrected chi connectivity index (χ2v) is 9.44. The zero-order valence-electron chi connectivity index (χ0n) is 18.2. The van der Waals surface area contributed by atoms with E-state index in [1.807, 2.05) is 11.8 Å². The summed E-state index contributed by atoms with van der Waals surface area (Å²) in [5, 5.41) is 2.86. The number of hydrogen-bond donors (Lipinski definition) is 2. The Bertz CT molecular complexity index is 991. The molecule has 2 aromatic carbocycles. The van der Waals surface area contributed by atoms with Crippen molar-refractivity contribution >= 4 is 27.3 Å². The maximum absolute atomic E-state index is 14.0. The van der Waals surface area contributed by atoms with Gasteiger partial charge >= 0.3 is 0 Å². The van der Waals surface area contributed by atoms with Crippen LogP contribution in [-0.2, 0) is 19.6 Å². The van der Waals surface area contributed by atoms with E-state index < -0.39 is 10.0 Å². The van der Waals surface area contributed by atoms with E-state index in [1.165, 1.54) is 18.2 Å². The number of halogens is 1. The van der Waals surface area contributed by atoms with Gasteiger partial charge in [0.05, 0.1) is 10.6 Å². The topological polar surface area (TPSA) is 87.7 Å². The number of ether oxygens (including phenoxy) is 1. The van der Waals surface area contributed by atoms with Gasteiger partial charge in [0.15, 0.2) is 0 Å². The van der Waals surface area contributed by atoms with Crippen LogP contribution in [0.5, 0.6) is 0 Å².